The van der Waals surface area contributed by atoms with Gasteiger partial charge in [0.25, 0.3) is 5.89 Å². The summed E-state index contributed by atoms with van der Waals surface area (Å²) in [6, 6.07) is 4.27. The molecular weight excluding hydrogens is 212 g/mol. The standard InChI is InChI=1S/C10H10N2O4/c1-15-5-9-11-10(16-12-9)6-2-3-7(13)8(14)4-6/h2-4,13-14H,5H2,1H3. The van der Waals surface area contributed by atoms with Crippen LogP contribution in [0.4, 0.5) is 0 Å². The van der Waals surface area contributed by atoms with Crippen molar-refractivity contribution in [3.05, 3.63) is 24.0 Å². The number of benzene rings is 1. The van der Waals surface area contributed by atoms with Crippen LogP contribution in [-0.2, 0) is 11.3 Å². The van der Waals surface area contributed by atoms with Crippen LogP contribution in [0.1, 0.15) is 5.82 Å². The van der Waals surface area contributed by atoms with E-state index in [2.05, 4.69) is 10.1 Å². The zero-order valence-electron chi connectivity index (χ0n) is 8.54. The number of aromatic hydroxyl groups is 2. The van der Waals surface area contributed by atoms with Crippen molar-refractivity contribution in [3.63, 3.8) is 0 Å². The maximum atomic E-state index is 9.31. The molecule has 0 aliphatic carbocycles. The molecule has 84 valence electrons. The Hall–Kier alpha value is -2.08. The summed E-state index contributed by atoms with van der Waals surface area (Å²) in [7, 11) is 1.53. The van der Waals surface area contributed by atoms with Crippen LogP contribution in [0.2, 0.25) is 0 Å². The molecule has 2 aromatic rings. The molecule has 0 bridgehead atoms. The molecule has 0 unspecified atom stereocenters. The highest BCUT2D eigenvalue weighted by Crippen LogP contribution is 2.29. The molecule has 0 spiro atoms. The highest BCUT2D eigenvalue weighted by atomic mass is 16.5. The lowest BCUT2D eigenvalue weighted by atomic mass is 10.2. The molecule has 0 saturated heterocycles. The molecule has 16 heavy (non-hydrogen) atoms. The molecule has 1 aromatic carbocycles. The Bertz CT molecular complexity index is 495. The zero-order chi connectivity index (χ0) is 11.5. The third kappa shape index (κ3) is 1.96. The Morgan fingerprint density at radius 1 is 1.31 bits per heavy atom. The van der Waals surface area contributed by atoms with Crippen LogP contribution in [0.3, 0.4) is 0 Å². The number of methoxy groups -OCH3 is 1. The van der Waals surface area contributed by atoms with E-state index >= 15 is 0 Å². The van der Waals surface area contributed by atoms with Crippen LogP contribution in [0, 0.1) is 0 Å². The second-order valence-electron chi connectivity index (χ2n) is 3.15. The third-order valence-electron chi connectivity index (χ3n) is 1.96. The third-order valence-corrected chi connectivity index (χ3v) is 1.96. The van der Waals surface area contributed by atoms with Gasteiger partial charge in [-0.3, -0.25) is 0 Å². The largest absolute Gasteiger partial charge is 0.504 e. The molecule has 0 aliphatic heterocycles. The number of ether oxygens (including phenoxy) is 1. The van der Waals surface area contributed by atoms with Crippen LogP contribution >= 0.6 is 0 Å². The van der Waals surface area contributed by atoms with E-state index in [1.807, 2.05) is 0 Å². The van der Waals surface area contributed by atoms with E-state index in [1.54, 1.807) is 6.07 Å². The summed E-state index contributed by atoms with van der Waals surface area (Å²) in [5.74, 6) is 0.261. The Morgan fingerprint density at radius 2 is 2.12 bits per heavy atom. The Morgan fingerprint density at radius 3 is 2.81 bits per heavy atom. The fraction of sp³-hybridized carbons (Fsp3) is 0.200. The minimum absolute atomic E-state index is 0.194. The van der Waals surface area contributed by atoms with E-state index in [0.29, 0.717) is 11.4 Å². The van der Waals surface area contributed by atoms with Gasteiger partial charge < -0.3 is 19.5 Å². The summed E-state index contributed by atoms with van der Waals surface area (Å²) in [4.78, 5) is 4.05. The molecule has 6 nitrogen and oxygen atoms in total. The lowest BCUT2D eigenvalue weighted by Crippen LogP contribution is -1.89. The van der Waals surface area contributed by atoms with Crippen LogP contribution < -0.4 is 0 Å². The second-order valence-corrected chi connectivity index (χ2v) is 3.15. The molecule has 2 N–H and O–H groups in total. The fourth-order valence-electron chi connectivity index (χ4n) is 1.22. The molecule has 0 aliphatic rings. The summed E-state index contributed by atoms with van der Waals surface area (Å²) < 4.78 is 9.81. The monoisotopic (exact) mass is 222 g/mol. The predicted molar refractivity (Wildman–Crippen MR) is 53.8 cm³/mol. The van der Waals surface area contributed by atoms with Crippen molar-refractivity contribution in [3.8, 4) is 23.0 Å². The average molecular weight is 222 g/mol. The van der Waals surface area contributed by atoms with Crippen molar-refractivity contribution in [2.75, 3.05) is 7.11 Å². The van der Waals surface area contributed by atoms with Gasteiger partial charge >= 0.3 is 0 Å². The molecular formula is C10H10N2O4. The van der Waals surface area contributed by atoms with Crippen LogP contribution in [0.25, 0.3) is 11.5 Å². The van der Waals surface area contributed by atoms with Crippen LogP contribution in [-0.4, -0.2) is 27.5 Å². The first kappa shape index (κ1) is 10.4. The normalized spacial score (nSPS) is 10.6. The number of phenolic OH excluding ortho intramolecular Hbond substituents is 2. The average Bonchev–Trinajstić information content (AvgIpc) is 2.71. The number of hydrogen-bond donors (Lipinski definition) is 2. The van der Waals surface area contributed by atoms with Gasteiger partial charge in [0.15, 0.2) is 17.3 Å². The SMILES string of the molecule is COCc1noc(-c2ccc(O)c(O)c2)n1. The number of phenols is 2. The van der Waals surface area contributed by atoms with Gasteiger partial charge in [0.05, 0.1) is 0 Å². The molecule has 2 rings (SSSR count). The lowest BCUT2D eigenvalue weighted by Gasteiger charge is -1.98. The van der Waals surface area contributed by atoms with E-state index in [0.717, 1.165) is 0 Å². The van der Waals surface area contributed by atoms with E-state index in [9.17, 15) is 5.11 Å². The van der Waals surface area contributed by atoms with Crippen molar-refractivity contribution in [2.45, 2.75) is 6.61 Å². The Balaban J connectivity index is 2.31. The quantitative estimate of drug-likeness (QED) is 0.761. The van der Waals surface area contributed by atoms with Gasteiger partial charge in [-0.05, 0) is 18.2 Å². The Labute approximate surface area is 91.1 Å². The van der Waals surface area contributed by atoms with E-state index in [1.165, 1.54) is 19.2 Å². The maximum Gasteiger partial charge on any atom is 0.258 e. The summed E-state index contributed by atoms with van der Waals surface area (Å²) in [5.41, 5.74) is 0.533. The zero-order valence-corrected chi connectivity index (χ0v) is 8.54. The van der Waals surface area contributed by atoms with Gasteiger partial charge in [-0.25, -0.2) is 0 Å². The maximum absolute atomic E-state index is 9.31. The number of nitrogens with zero attached hydrogens (tertiary/aromatic N) is 2. The number of hydrogen-bond acceptors (Lipinski definition) is 6. The minimum Gasteiger partial charge on any atom is -0.504 e. The molecule has 6 heteroatoms. The molecule has 0 fully saturated rings. The molecule has 0 saturated carbocycles. The van der Waals surface area contributed by atoms with Gasteiger partial charge in [-0.1, -0.05) is 5.16 Å². The van der Waals surface area contributed by atoms with Crippen molar-refractivity contribution < 1.29 is 19.5 Å². The van der Waals surface area contributed by atoms with Crippen molar-refractivity contribution in [2.24, 2.45) is 0 Å². The van der Waals surface area contributed by atoms with Crippen molar-refractivity contribution in [1.82, 2.24) is 10.1 Å². The molecule has 0 atom stereocenters. The number of aromatic nitrogens is 2. The molecule has 1 aromatic heterocycles. The van der Waals surface area contributed by atoms with Gasteiger partial charge in [-0.15, -0.1) is 0 Å². The van der Waals surface area contributed by atoms with Crippen LogP contribution in [0.5, 0.6) is 11.5 Å². The van der Waals surface area contributed by atoms with E-state index in [4.69, 9.17) is 14.4 Å². The lowest BCUT2D eigenvalue weighted by molar-refractivity contribution is 0.174. The fourth-order valence-corrected chi connectivity index (χ4v) is 1.22. The van der Waals surface area contributed by atoms with Gasteiger partial charge in [-0.2, -0.15) is 4.98 Å². The highest BCUT2D eigenvalue weighted by molar-refractivity contribution is 5.58. The minimum atomic E-state index is -0.232. The summed E-state index contributed by atoms with van der Waals surface area (Å²) in [5, 5.41) is 22.1. The second kappa shape index (κ2) is 4.19. The van der Waals surface area contributed by atoms with Gasteiger partial charge in [0.1, 0.15) is 6.61 Å². The summed E-state index contributed by atoms with van der Waals surface area (Å²) >= 11 is 0. The van der Waals surface area contributed by atoms with E-state index < -0.39 is 0 Å². The first-order valence-electron chi connectivity index (χ1n) is 4.54. The number of rotatable bonds is 3. The molecule has 0 radical (unpaired) electrons. The van der Waals surface area contributed by atoms with Gasteiger partial charge in [0, 0.05) is 12.7 Å². The first-order chi connectivity index (χ1) is 7.70. The highest BCUT2D eigenvalue weighted by Gasteiger charge is 2.10. The summed E-state index contributed by atoms with van der Waals surface area (Å²) in [6.45, 7) is 0.258. The van der Waals surface area contributed by atoms with Crippen molar-refractivity contribution >= 4 is 0 Å². The molecule has 0 amide bonds. The smallest absolute Gasteiger partial charge is 0.258 e. The van der Waals surface area contributed by atoms with Crippen LogP contribution in [0.15, 0.2) is 22.7 Å². The Kier molecular flexibility index (Phi) is 2.74. The molecule has 1 heterocycles. The predicted octanol–water partition coefficient (Wildman–Crippen LogP) is 1.29. The topological polar surface area (TPSA) is 88.6 Å². The summed E-state index contributed by atoms with van der Waals surface area (Å²) in [6.07, 6.45) is 0. The van der Waals surface area contributed by atoms with E-state index in [-0.39, 0.29) is 24.0 Å². The van der Waals surface area contributed by atoms with Gasteiger partial charge in [0.2, 0.25) is 0 Å². The first-order valence-corrected chi connectivity index (χ1v) is 4.54. The van der Waals surface area contributed by atoms with Crippen molar-refractivity contribution in [1.29, 1.82) is 0 Å².